The first-order valence-electron chi connectivity index (χ1n) is 12.1. The fraction of sp³-hybridized carbons (Fsp3) is 0.414. The highest BCUT2D eigenvalue weighted by Crippen LogP contribution is 2.38. The lowest BCUT2D eigenvalue weighted by Crippen LogP contribution is -2.35. The topological polar surface area (TPSA) is 26.3 Å². The van der Waals surface area contributed by atoms with Crippen molar-refractivity contribution in [2.24, 2.45) is 5.92 Å². The van der Waals surface area contributed by atoms with Gasteiger partial charge in [0.2, 0.25) is 0 Å². The Kier molecular flexibility index (Phi) is 8.22. The molecule has 4 rings (SSSR count). The second-order valence-corrected chi connectivity index (χ2v) is 9.29. The van der Waals surface area contributed by atoms with E-state index in [2.05, 4.69) is 6.08 Å². The molecule has 6 atom stereocenters. The first-order chi connectivity index (χ1) is 16.9. The summed E-state index contributed by atoms with van der Waals surface area (Å²) in [5.74, 6) is 0.437. The van der Waals surface area contributed by atoms with E-state index < -0.39 is 30.8 Å². The summed E-state index contributed by atoms with van der Waals surface area (Å²) in [6.45, 7) is 2.54. The molecule has 0 radical (unpaired) electrons. The number of benzene rings is 1. The minimum atomic E-state index is -2.02. The number of ether oxygens (including phenoxy) is 1. The van der Waals surface area contributed by atoms with Crippen molar-refractivity contribution >= 4 is 17.4 Å². The Balaban J connectivity index is 1.46. The van der Waals surface area contributed by atoms with Gasteiger partial charge < -0.3 is 4.74 Å². The lowest BCUT2D eigenvalue weighted by atomic mass is 9.84. The molecule has 0 spiro atoms. The Labute approximate surface area is 203 Å². The molecule has 186 valence electrons. The molecule has 1 fully saturated rings. The molecule has 6 unspecified atom stereocenters. The van der Waals surface area contributed by atoms with E-state index in [4.69, 9.17) is 4.74 Å². The van der Waals surface area contributed by atoms with Crippen LogP contribution in [-0.2, 0) is 9.53 Å². The van der Waals surface area contributed by atoms with Gasteiger partial charge in [-0.1, -0.05) is 60.7 Å². The Bertz CT molecular complexity index is 1060. The van der Waals surface area contributed by atoms with Crippen molar-refractivity contribution in [1.82, 2.24) is 0 Å². The van der Waals surface area contributed by atoms with Gasteiger partial charge in [0.15, 0.2) is 24.7 Å². The molecule has 0 bridgehead atoms. The largest absolute Gasteiger partial charge is 0.373 e. The maximum absolute atomic E-state index is 15.2. The van der Waals surface area contributed by atoms with Crippen LogP contribution in [0.5, 0.6) is 0 Å². The highest BCUT2D eigenvalue weighted by molar-refractivity contribution is 5.83. The van der Waals surface area contributed by atoms with E-state index >= 15 is 8.78 Å². The van der Waals surface area contributed by atoms with Crippen LogP contribution in [0, 0.1) is 5.92 Å². The summed E-state index contributed by atoms with van der Waals surface area (Å²) in [6, 6.07) is 6.26. The molecule has 0 amide bonds. The predicted molar refractivity (Wildman–Crippen MR) is 131 cm³/mol. The van der Waals surface area contributed by atoms with Gasteiger partial charge >= 0.3 is 0 Å². The highest BCUT2D eigenvalue weighted by atomic mass is 19.2. The van der Waals surface area contributed by atoms with E-state index in [-0.39, 0.29) is 16.7 Å². The monoisotopic (exact) mass is 486 g/mol. The highest BCUT2D eigenvalue weighted by Gasteiger charge is 2.37. The maximum Gasteiger partial charge on any atom is 0.164 e. The van der Waals surface area contributed by atoms with Gasteiger partial charge in [-0.05, 0) is 66.4 Å². The maximum atomic E-state index is 15.2. The van der Waals surface area contributed by atoms with E-state index in [0.29, 0.717) is 41.9 Å². The van der Waals surface area contributed by atoms with Crippen molar-refractivity contribution in [3.63, 3.8) is 0 Å². The number of allylic oxidation sites excluding steroid dienone is 9. The lowest BCUT2D eigenvalue weighted by Gasteiger charge is -2.34. The van der Waals surface area contributed by atoms with Gasteiger partial charge in [0.25, 0.3) is 0 Å². The van der Waals surface area contributed by atoms with Crippen LogP contribution >= 0.6 is 0 Å². The molecule has 0 aromatic heterocycles. The number of hydrogen-bond donors (Lipinski definition) is 0. The second-order valence-electron chi connectivity index (χ2n) is 9.29. The third-order valence-corrected chi connectivity index (χ3v) is 7.06. The number of halogens is 4. The zero-order valence-corrected chi connectivity index (χ0v) is 19.7. The van der Waals surface area contributed by atoms with Crippen LogP contribution < -0.4 is 0 Å². The van der Waals surface area contributed by atoms with Gasteiger partial charge in [-0.3, -0.25) is 4.79 Å². The van der Waals surface area contributed by atoms with Gasteiger partial charge in [0.1, 0.15) is 6.29 Å². The van der Waals surface area contributed by atoms with Crippen molar-refractivity contribution in [3.8, 4) is 0 Å². The minimum Gasteiger partial charge on any atom is -0.373 e. The molecule has 1 heterocycles. The number of hydrogen-bond acceptors (Lipinski definition) is 2. The molecule has 1 saturated heterocycles. The zero-order valence-electron chi connectivity index (χ0n) is 19.7. The van der Waals surface area contributed by atoms with Crippen LogP contribution in [0.2, 0.25) is 0 Å². The predicted octanol–water partition coefficient (Wildman–Crippen LogP) is 7.04. The first-order valence-corrected chi connectivity index (χ1v) is 12.1. The summed E-state index contributed by atoms with van der Waals surface area (Å²) < 4.78 is 64.8. The number of rotatable bonds is 7. The van der Waals surface area contributed by atoms with Crippen LogP contribution in [0.4, 0.5) is 17.6 Å². The normalized spacial score (nSPS) is 31.5. The molecule has 1 aromatic carbocycles. The summed E-state index contributed by atoms with van der Waals surface area (Å²) in [7, 11) is 0. The minimum absolute atomic E-state index is 0.105. The summed E-state index contributed by atoms with van der Waals surface area (Å²) >= 11 is 0. The van der Waals surface area contributed by atoms with Crippen LogP contribution in [-0.4, -0.2) is 43.7 Å². The first kappa shape index (κ1) is 25.4. The van der Waals surface area contributed by atoms with Gasteiger partial charge in [-0.2, -0.15) is 0 Å². The van der Waals surface area contributed by atoms with E-state index in [0.717, 1.165) is 19.3 Å². The Morgan fingerprint density at radius 3 is 2.06 bits per heavy atom. The summed E-state index contributed by atoms with van der Waals surface area (Å²) in [6.07, 6.45) is 5.88. The standard InChI is InChI=1S/C29H30F4O2/c1-2-3-4-5-18-6-15-25(35-17-18)24-14-13-23(28(32)29(24)33)20-9-7-19(8-10-20)22-12-11-21(16-34)26(30)27(22)31/h2-3,7-14,16,18,25-29H,4-6,15,17H2,1H3/b3-2+. The van der Waals surface area contributed by atoms with Gasteiger partial charge in [-0.15, -0.1) is 0 Å². The van der Waals surface area contributed by atoms with E-state index in [9.17, 15) is 13.6 Å². The van der Waals surface area contributed by atoms with E-state index in [1.54, 1.807) is 36.4 Å². The number of carbonyl (C=O) groups excluding carboxylic acids is 1. The quantitative estimate of drug-likeness (QED) is 0.235. The molecule has 1 aliphatic heterocycles. The van der Waals surface area contributed by atoms with Crippen LogP contribution in [0.25, 0.3) is 11.1 Å². The van der Waals surface area contributed by atoms with Crippen molar-refractivity contribution in [2.45, 2.75) is 63.4 Å². The molecule has 0 saturated carbocycles. The fourth-order valence-corrected chi connectivity index (χ4v) is 4.94. The number of carbonyl (C=O) groups is 1. The molecule has 2 nitrogen and oxygen atoms in total. The van der Waals surface area contributed by atoms with Crippen molar-refractivity contribution < 1.29 is 27.1 Å². The van der Waals surface area contributed by atoms with E-state index in [1.165, 1.54) is 12.2 Å². The Hall–Kier alpha value is -2.73. The van der Waals surface area contributed by atoms with Crippen LogP contribution in [0.15, 0.2) is 71.9 Å². The Morgan fingerprint density at radius 1 is 0.857 bits per heavy atom. The molecule has 1 aromatic rings. The average molecular weight is 487 g/mol. The third-order valence-electron chi connectivity index (χ3n) is 7.06. The Morgan fingerprint density at radius 2 is 1.49 bits per heavy atom. The average Bonchev–Trinajstić information content (AvgIpc) is 2.88. The molecule has 2 aliphatic carbocycles. The smallest absolute Gasteiger partial charge is 0.164 e. The molecular weight excluding hydrogens is 456 g/mol. The molecule has 0 N–H and O–H groups in total. The SMILES string of the molecule is C/C=C/CCC1CCC(C2=CC=C(c3ccc(C4=CC=C(C=O)C(F)C4F)cc3)C(F)C2F)OC1. The van der Waals surface area contributed by atoms with E-state index in [1.807, 2.05) is 13.0 Å². The number of alkyl halides is 4. The lowest BCUT2D eigenvalue weighted by molar-refractivity contribution is -0.105. The molecule has 3 aliphatic rings. The second kappa shape index (κ2) is 11.3. The molecule has 35 heavy (non-hydrogen) atoms. The van der Waals surface area contributed by atoms with Gasteiger partial charge in [0, 0.05) is 5.57 Å². The third kappa shape index (κ3) is 5.43. The summed E-state index contributed by atoms with van der Waals surface area (Å²) in [5.41, 5.74) is 1.30. The fourth-order valence-electron chi connectivity index (χ4n) is 4.94. The summed E-state index contributed by atoms with van der Waals surface area (Å²) in [5, 5.41) is 0. The van der Waals surface area contributed by atoms with Crippen molar-refractivity contribution in [2.75, 3.05) is 6.61 Å². The summed E-state index contributed by atoms with van der Waals surface area (Å²) in [4.78, 5) is 10.8. The number of aldehydes is 1. The van der Waals surface area contributed by atoms with Gasteiger partial charge in [-0.25, -0.2) is 17.6 Å². The van der Waals surface area contributed by atoms with Crippen molar-refractivity contribution in [1.29, 1.82) is 0 Å². The zero-order chi connectivity index (χ0) is 24.9. The van der Waals surface area contributed by atoms with Crippen LogP contribution in [0.3, 0.4) is 0 Å². The van der Waals surface area contributed by atoms with Gasteiger partial charge in [0.05, 0.1) is 12.7 Å². The molecule has 6 heteroatoms. The van der Waals surface area contributed by atoms with Crippen molar-refractivity contribution in [3.05, 3.63) is 83.0 Å². The molecular formula is C29H30F4O2. The van der Waals surface area contributed by atoms with Crippen LogP contribution in [0.1, 0.15) is 43.7 Å².